The summed E-state index contributed by atoms with van der Waals surface area (Å²) in [6, 6.07) is 3.84. The lowest BCUT2D eigenvalue weighted by molar-refractivity contribution is 0.311. The largest absolute Gasteiger partial charge is 0.395 e. The van der Waals surface area contributed by atoms with Crippen LogP contribution in [0.2, 0.25) is 0 Å². The Hall–Kier alpha value is -1.49. The number of benzene rings is 1. The van der Waals surface area contributed by atoms with E-state index in [-0.39, 0.29) is 24.5 Å². The summed E-state index contributed by atoms with van der Waals surface area (Å²) in [5, 5.41) is 13.7. The van der Waals surface area contributed by atoms with Crippen LogP contribution in [-0.4, -0.2) is 18.3 Å². The van der Waals surface area contributed by atoms with E-state index in [1.807, 2.05) is 0 Å². The van der Waals surface area contributed by atoms with Gasteiger partial charge in [0, 0.05) is 12.6 Å². The van der Waals surface area contributed by atoms with Crippen LogP contribution in [0.4, 0.5) is 15.8 Å². The van der Waals surface area contributed by atoms with Gasteiger partial charge in [-0.25, -0.2) is 4.39 Å². The van der Waals surface area contributed by atoms with Crippen molar-refractivity contribution in [2.75, 3.05) is 18.5 Å². The zero-order valence-electron chi connectivity index (χ0n) is 6.83. The first kappa shape index (κ1) is 9.60. The van der Waals surface area contributed by atoms with Crippen molar-refractivity contribution < 1.29 is 9.50 Å². The van der Waals surface area contributed by atoms with Crippen molar-refractivity contribution in [3.63, 3.8) is 0 Å². The molecule has 1 aromatic carbocycles. The summed E-state index contributed by atoms with van der Waals surface area (Å²) in [4.78, 5) is 10.0. The maximum Gasteiger partial charge on any atom is 0.148 e. The molecule has 0 aliphatic heterocycles. The van der Waals surface area contributed by atoms with E-state index in [2.05, 4.69) is 10.5 Å². The number of hydrogen-bond acceptors (Lipinski definition) is 4. The van der Waals surface area contributed by atoms with Gasteiger partial charge in [0.2, 0.25) is 0 Å². The predicted molar refractivity (Wildman–Crippen MR) is 47.4 cm³/mol. The SMILES string of the molecule is O=Nc1ccc(NCCO)c(F)c1. The molecule has 0 aromatic heterocycles. The monoisotopic (exact) mass is 184 g/mol. The number of nitrogens with zero attached hydrogens (tertiary/aromatic N) is 1. The standard InChI is InChI=1S/C8H9FN2O2/c9-7-5-6(11-13)1-2-8(7)10-3-4-12/h1-2,5,10,12H,3-4H2. The summed E-state index contributed by atoms with van der Waals surface area (Å²) in [6.45, 7) is 0.192. The molecule has 0 saturated carbocycles. The van der Waals surface area contributed by atoms with Gasteiger partial charge >= 0.3 is 0 Å². The van der Waals surface area contributed by atoms with Gasteiger partial charge in [0.1, 0.15) is 11.5 Å². The highest BCUT2D eigenvalue weighted by Gasteiger charge is 2.02. The van der Waals surface area contributed by atoms with Gasteiger partial charge in [-0.1, -0.05) is 0 Å². The number of nitrogens with one attached hydrogen (secondary N) is 1. The molecule has 0 spiro atoms. The molecule has 70 valence electrons. The van der Waals surface area contributed by atoms with E-state index < -0.39 is 5.82 Å². The number of aliphatic hydroxyl groups is 1. The fourth-order valence-corrected chi connectivity index (χ4v) is 0.895. The van der Waals surface area contributed by atoms with Crippen LogP contribution in [0.5, 0.6) is 0 Å². The summed E-state index contributed by atoms with van der Waals surface area (Å²) in [5.41, 5.74) is 0.300. The Labute approximate surface area is 74.4 Å². The maximum atomic E-state index is 13.0. The van der Waals surface area contributed by atoms with Crippen molar-refractivity contribution in [3.05, 3.63) is 28.9 Å². The number of nitroso groups, excluding NO2 is 1. The molecule has 0 aliphatic rings. The fraction of sp³-hybridized carbons (Fsp3) is 0.250. The topological polar surface area (TPSA) is 61.7 Å². The van der Waals surface area contributed by atoms with E-state index in [4.69, 9.17) is 5.11 Å². The molecule has 0 heterocycles. The second kappa shape index (κ2) is 4.51. The van der Waals surface area contributed by atoms with E-state index in [1.165, 1.54) is 12.1 Å². The third-order valence-electron chi connectivity index (χ3n) is 1.49. The van der Waals surface area contributed by atoms with Crippen LogP contribution < -0.4 is 5.32 Å². The summed E-state index contributed by atoms with van der Waals surface area (Å²) in [7, 11) is 0. The van der Waals surface area contributed by atoms with Crippen molar-refractivity contribution in [2.24, 2.45) is 5.18 Å². The van der Waals surface area contributed by atoms with E-state index in [0.717, 1.165) is 6.07 Å². The number of hydrogen-bond donors (Lipinski definition) is 2. The van der Waals surface area contributed by atoms with Crippen molar-refractivity contribution >= 4 is 11.4 Å². The van der Waals surface area contributed by atoms with Crippen LogP contribution in [0.15, 0.2) is 23.4 Å². The molecule has 1 rings (SSSR count). The first-order valence-electron chi connectivity index (χ1n) is 3.75. The molecule has 0 amide bonds. The lowest BCUT2D eigenvalue weighted by atomic mass is 10.2. The first-order valence-corrected chi connectivity index (χ1v) is 3.75. The minimum Gasteiger partial charge on any atom is -0.395 e. The molecule has 1 aromatic rings. The Morgan fingerprint density at radius 2 is 2.31 bits per heavy atom. The molecule has 0 atom stereocenters. The number of halogens is 1. The molecule has 5 heteroatoms. The van der Waals surface area contributed by atoms with Gasteiger partial charge < -0.3 is 10.4 Å². The Morgan fingerprint density at radius 3 is 2.85 bits per heavy atom. The molecular formula is C8H9FN2O2. The second-order valence-electron chi connectivity index (χ2n) is 2.41. The highest BCUT2D eigenvalue weighted by atomic mass is 19.1. The fourth-order valence-electron chi connectivity index (χ4n) is 0.895. The van der Waals surface area contributed by atoms with Gasteiger partial charge in [0.15, 0.2) is 0 Å². The Kier molecular flexibility index (Phi) is 3.33. The van der Waals surface area contributed by atoms with Crippen LogP contribution in [0.25, 0.3) is 0 Å². The summed E-state index contributed by atoms with van der Waals surface area (Å²) in [6.07, 6.45) is 0. The molecule has 0 aliphatic carbocycles. The quantitative estimate of drug-likeness (QED) is 0.699. The van der Waals surface area contributed by atoms with Crippen molar-refractivity contribution in [3.8, 4) is 0 Å². The van der Waals surface area contributed by atoms with E-state index in [9.17, 15) is 9.30 Å². The van der Waals surface area contributed by atoms with E-state index >= 15 is 0 Å². The van der Waals surface area contributed by atoms with E-state index in [0.29, 0.717) is 0 Å². The smallest absolute Gasteiger partial charge is 0.148 e. The van der Waals surface area contributed by atoms with Gasteiger partial charge in [-0.3, -0.25) is 0 Å². The maximum absolute atomic E-state index is 13.0. The van der Waals surface area contributed by atoms with Gasteiger partial charge in [-0.2, -0.15) is 0 Å². The summed E-state index contributed by atoms with van der Waals surface area (Å²) < 4.78 is 13.0. The lowest BCUT2D eigenvalue weighted by Gasteiger charge is -2.04. The molecule has 13 heavy (non-hydrogen) atoms. The molecule has 0 fully saturated rings. The zero-order chi connectivity index (χ0) is 9.68. The molecule has 0 bridgehead atoms. The lowest BCUT2D eigenvalue weighted by Crippen LogP contribution is -2.06. The van der Waals surface area contributed by atoms with Gasteiger partial charge in [-0.15, -0.1) is 4.91 Å². The number of rotatable bonds is 4. The third kappa shape index (κ3) is 2.48. The minimum atomic E-state index is -0.550. The van der Waals surface area contributed by atoms with Crippen LogP contribution in [0, 0.1) is 10.7 Å². The van der Waals surface area contributed by atoms with Crippen molar-refractivity contribution in [1.82, 2.24) is 0 Å². The highest BCUT2D eigenvalue weighted by Crippen LogP contribution is 2.20. The molecule has 2 N–H and O–H groups in total. The zero-order valence-corrected chi connectivity index (χ0v) is 6.83. The molecular weight excluding hydrogens is 175 g/mol. The van der Waals surface area contributed by atoms with Gasteiger partial charge in [-0.05, 0) is 17.3 Å². The second-order valence-corrected chi connectivity index (χ2v) is 2.41. The van der Waals surface area contributed by atoms with Gasteiger partial charge in [0.05, 0.1) is 12.3 Å². The third-order valence-corrected chi connectivity index (χ3v) is 1.49. The van der Waals surface area contributed by atoms with Crippen LogP contribution in [0.1, 0.15) is 0 Å². The Morgan fingerprint density at radius 1 is 1.54 bits per heavy atom. The van der Waals surface area contributed by atoms with Gasteiger partial charge in [0.25, 0.3) is 0 Å². The predicted octanol–water partition coefficient (Wildman–Crippen LogP) is 1.63. The van der Waals surface area contributed by atoms with E-state index in [1.54, 1.807) is 0 Å². The molecule has 0 saturated heterocycles. The van der Waals surface area contributed by atoms with Crippen molar-refractivity contribution in [1.29, 1.82) is 0 Å². The number of anilines is 1. The van der Waals surface area contributed by atoms with Crippen LogP contribution >= 0.6 is 0 Å². The Balaban J connectivity index is 2.79. The highest BCUT2D eigenvalue weighted by molar-refractivity contribution is 5.52. The van der Waals surface area contributed by atoms with Crippen molar-refractivity contribution in [2.45, 2.75) is 0 Å². The summed E-state index contributed by atoms with van der Waals surface area (Å²) in [5.74, 6) is -0.550. The van der Waals surface area contributed by atoms with Crippen LogP contribution in [-0.2, 0) is 0 Å². The Bertz CT molecular complexity index is 304. The van der Waals surface area contributed by atoms with Crippen LogP contribution in [0.3, 0.4) is 0 Å². The number of aliphatic hydroxyl groups excluding tert-OH is 1. The molecule has 4 nitrogen and oxygen atoms in total. The average Bonchev–Trinajstić information content (AvgIpc) is 2.16. The molecule has 0 radical (unpaired) electrons. The molecule has 0 unspecified atom stereocenters. The average molecular weight is 184 g/mol. The minimum absolute atomic E-state index is 0.0482. The first-order chi connectivity index (χ1) is 6.27. The summed E-state index contributed by atoms with van der Waals surface area (Å²) >= 11 is 0. The normalized spacial score (nSPS) is 9.69.